The molecule has 9 heteroatoms. The summed E-state index contributed by atoms with van der Waals surface area (Å²) < 4.78 is 43.5. The van der Waals surface area contributed by atoms with Crippen molar-refractivity contribution in [1.82, 2.24) is 9.38 Å². The van der Waals surface area contributed by atoms with Crippen LogP contribution in [0.5, 0.6) is 0 Å². The highest BCUT2D eigenvalue weighted by atomic mass is 35.6. The highest BCUT2D eigenvalue weighted by Gasteiger charge is 2.34. The fraction of sp³-hybridized carbons (Fsp3) is 0.163. The first-order valence-corrected chi connectivity index (χ1v) is 20.4. The van der Waals surface area contributed by atoms with Gasteiger partial charge in [-0.3, -0.25) is 4.98 Å². The Morgan fingerprint density at radius 1 is 0.586 bits per heavy atom. The maximum atomic E-state index is 14.0. The quantitative estimate of drug-likeness (QED) is 0.0731. The van der Waals surface area contributed by atoms with Crippen LogP contribution in [-0.4, -0.2) is 20.4 Å². The molecule has 0 N–H and O–H groups in total. The molecule has 0 amide bonds. The van der Waals surface area contributed by atoms with Crippen molar-refractivity contribution in [3.05, 3.63) is 160 Å². The molecule has 4 heterocycles. The van der Waals surface area contributed by atoms with E-state index in [2.05, 4.69) is 142 Å². The molecule has 290 valence electrons. The molecule has 0 aliphatic carbocycles. The maximum absolute atomic E-state index is 14.0. The second kappa shape index (κ2) is 15.3. The number of hydrogen-bond acceptors (Lipinski definition) is 1. The van der Waals surface area contributed by atoms with Gasteiger partial charge in [0.25, 0.3) is 0 Å². The van der Waals surface area contributed by atoms with Crippen molar-refractivity contribution in [3.8, 4) is 22.4 Å². The number of halogens is 6. The predicted octanol–water partition coefficient (Wildman–Crippen LogP) is 12.9. The van der Waals surface area contributed by atoms with E-state index < -0.39 is 16.0 Å². The van der Waals surface area contributed by atoms with Crippen molar-refractivity contribution in [2.75, 3.05) is 0 Å². The van der Waals surface area contributed by atoms with Crippen LogP contribution in [0.2, 0.25) is 0 Å². The van der Waals surface area contributed by atoms with Gasteiger partial charge in [0.2, 0.25) is 6.71 Å². The molecule has 9 aromatic rings. The number of aryl methyl sites for hydroxylation is 6. The molecular formula is C49H39BCl3F3N2. The summed E-state index contributed by atoms with van der Waals surface area (Å²) in [6.07, 6.45) is -3.53. The van der Waals surface area contributed by atoms with Crippen LogP contribution in [0.4, 0.5) is 13.2 Å². The van der Waals surface area contributed by atoms with Crippen LogP contribution in [0.3, 0.4) is 0 Å². The number of rotatable bonds is 5. The number of alkyl halides is 6. The van der Waals surface area contributed by atoms with Gasteiger partial charge in [0.05, 0.1) is 27.8 Å². The monoisotopic (exact) mass is 828 g/mol. The molecule has 0 aliphatic heterocycles. The van der Waals surface area contributed by atoms with Crippen LogP contribution in [0.25, 0.3) is 60.5 Å². The second-order valence-corrected chi connectivity index (χ2v) is 17.2. The summed E-state index contributed by atoms with van der Waals surface area (Å²) in [6.45, 7) is 13.0. The standard InChI is InChI=1S/C48H38BF3N2.CHCl3/c1-27-22-29(3)44(30(4)23-27)49(45-31(5)24-28(2)25-32(45)6)39-17-10-9-15-38(39)42-41-21-18-33-12-11-16-36-35-13-7-8-14-37(35)47(54(41)46(33)36)43(42)40-20-19-34(26-53-40)48(50,51)52;2-1(3)4/h7-26H,1-6H3;1H. The first-order valence-electron chi connectivity index (χ1n) is 19.1. The molecule has 0 saturated heterocycles. The molecule has 0 saturated carbocycles. The third-order valence-electron chi connectivity index (χ3n) is 11.3. The van der Waals surface area contributed by atoms with Gasteiger partial charge in [-0.2, -0.15) is 13.2 Å². The zero-order valence-electron chi connectivity index (χ0n) is 32.9. The summed E-state index contributed by atoms with van der Waals surface area (Å²) in [5, 5.41) is 4.32. The van der Waals surface area contributed by atoms with Gasteiger partial charge >= 0.3 is 6.18 Å². The maximum Gasteiger partial charge on any atom is 0.417 e. The Morgan fingerprint density at radius 3 is 1.69 bits per heavy atom. The van der Waals surface area contributed by atoms with Gasteiger partial charge in [-0.25, -0.2) is 0 Å². The lowest BCUT2D eigenvalue weighted by molar-refractivity contribution is -0.137. The highest BCUT2D eigenvalue weighted by Crippen LogP contribution is 2.47. The van der Waals surface area contributed by atoms with Crippen molar-refractivity contribution in [3.63, 3.8) is 0 Å². The fourth-order valence-electron chi connectivity index (χ4n) is 9.45. The van der Waals surface area contributed by atoms with Crippen LogP contribution in [0.1, 0.15) is 38.9 Å². The smallest absolute Gasteiger partial charge is 0.307 e. The number of benzene rings is 5. The minimum absolute atomic E-state index is 0.123. The number of fused-ring (bicyclic) bond motifs is 3. The predicted molar refractivity (Wildman–Crippen MR) is 242 cm³/mol. The lowest BCUT2D eigenvalue weighted by Gasteiger charge is -2.26. The number of aromatic nitrogens is 2. The van der Waals surface area contributed by atoms with Crippen molar-refractivity contribution < 1.29 is 13.2 Å². The minimum atomic E-state index is -4.50. The molecule has 5 aromatic carbocycles. The van der Waals surface area contributed by atoms with Gasteiger partial charge in [0, 0.05) is 28.1 Å². The van der Waals surface area contributed by atoms with E-state index in [4.69, 9.17) is 34.8 Å². The van der Waals surface area contributed by atoms with Crippen LogP contribution in [0.15, 0.2) is 121 Å². The number of para-hydroxylation sites is 1. The van der Waals surface area contributed by atoms with E-state index in [1.54, 1.807) is 6.07 Å². The summed E-state index contributed by atoms with van der Waals surface area (Å²) in [5.41, 5.74) is 16.5. The Balaban J connectivity index is 0.00000112. The molecule has 4 aromatic heterocycles. The van der Waals surface area contributed by atoms with Crippen LogP contribution < -0.4 is 16.4 Å². The average Bonchev–Trinajstić information content (AvgIpc) is 3.52. The zero-order chi connectivity index (χ0) is 41.2. The number of hydrogen-bond donors (Lipinski definition) is 0. The summed E-state index contributed by atoms with van der Waals surface area (Å²) in [4.78, 5) is 4.61. The van der Waals surface area contributed by atoms with Crippen molar-refractivity contribution >= 4 is 96.0 Å². The molecule has 2 nitrogen and oxygen atoms in total. The van der Waals surface area contributed by atoms with Gasteiger partial charge in [-0.1, -0.05) is 182 Å². The average molecular weight is 830 g/mol. The lowest BCUT2D eigenvalue weighted by atomic mass is 9.33. The first kappa shape index (κ1) is 39.8. The zero-order valence-corrected chi connectivity index (χ0v) is 35.1. The summed E-state index contributed by atoms with van der Waals surface area (Å²) in [7, 11) is 0. The minimum Gasteiger partial charge on any atom is -0.307 e. The van der Waals surface area contributed by atoms with Gasteiger partial charge in [0.1, 0.15) is 0 Å². The Morgan fingerprint density at radius 2 is 1.12 bits per heavy atom. The molecule has 0 fully saturated rings. The third-order valence-corrected chi connectivity index (χ3v) is 11.3. The number of nitrogens with zero attached hydrogens (tertiary/aromatic N) is 2. The summed E-state index contributed by atoms with van der Waals surface area (Å²) in [6, 6.07) is 39.5. The Kier molecular flexibility index (Phi) is 10.5. The van der Waals surface area contributed by atoms with Crippen molar-refractivity contribution in [2.24, 2.45) is 0 Å². The van der Waals surface area contributed by atoms with Crippen LogP contribution in [-0.2, 0) is 6.18 Å². The third kappa shape index (κ3) is 6.89. The van der Waals surface area contributed by atoms with Gasteiger partial charge in [-0.15, -0.1) is 0 Å². The van der Waals surface area contributed by atoms with Crippen molar-refractivity contribution in [1.29, 1.82) is 0 Å². The second-order valence-electron chi connectivity index (χ2n) is 15.3. The van der Waals surface area contributed by atoms with E-state index in [0.717, 1.165) is 72.5 Å². The van der Waals surface area contributed by atoms with E-state index in [1.165, 1.54) is 44.3 Å². The molecule has 9 rings (SSSR count). The van der Waals surface area contributed by atoms with Crippen molar-refractivity contribution in [2.45, 2.75) is 52.0 Å². The molecule has 0 unspecified atom stereocenters. The molecule has 0 bridgehead atoms. The lowest BCUT2D eigenvalue weighted by Crippen LogP contribution is -2.56. The highest BCUT2D eigenvalue weighted by molar-refractivity contribution is 6.97. The fourth-order valence-corrected chi connectivity index (χ4v) is 9.45. The molecule has 0 radical (unpaired) electrons. The van der Waals surface area contributed by atoms with E-state index in [1.807, 2.05) is 12.1 Å². The molecule has 0 spiro atoms. The molecule has 0 aliphatic rings. The van der Waals surface area contributed by atoms with E-state index in [9.17, 15) is 13.2 Å². The molecular weight excluding hydrogens is 791 g/mol. The van der Waals surface area contributed by atoms with E-state index >= 15 is 0 Å². The SMILES string of the molecule is Cc1cc(C)c(B(c2ccccc2-c2c(-c3ccc(C(F)(F)F)cn3)c3c4ccccc4c4cccc5ccc2n3c54)c2c(C)cc(C)cc2C)c(C)c1.ClC(Cl)Cl. The van der Waals surface area contributed by atoms with Crippen LogP contribution in [0, 0.1) is 41.5 Å². The van der Waals surface area contributed by atoms with Gasteiger partial charge < -0.3 is 4.40 Å². The van der Waals surface area contributed by atoms with Gasteiger partial charge in [-0.05, 0) is 76.1 Å². The Hall–Kier alpha value is -5.01. The number of pyridine rings is 3. The van der Waals surface area contributed by atoms with Crippen LogP contribution >= 0.6 is 34.8 Å². The summed E-state index contributed by atoms with van der Waals surface area (Å²) in [5.74, 6) is 0. The Bertz CT molecular complexity index is 2900. The van der Waals surface area contributed by atoms with E-state index in [0.29, 0.717) is 5.69 Å². The first-order chi connectivity index (χ1) is 27.6. The largest absolute Gasteiger partial charge is 0.417 e. The Labute approximate surface area is 351 Å². The topological polar surface area (TPSA) is 17.3 Å². The normalized spacial score (nSPS) is 11.9. The van der Waals surface area contributed by atoms with E-state index in [-0.39, 0.29) is 6.71 Å². The van der Waals surface area contributed by atoms with Gasteiger partial charge in [0.15, 0.2) is 4.30 Å². The molecule has 0 atom stereocenters. The molecule has 58 heavy (non-hydrogen) atoms. The summed E-state index contributed by atoms with van der Waals surface area (Å²) >= 11 is 14.4.